The van der Waals surface area contributed by atoms with Crippen molar-refractivity contribution in [3.05, 3.63) is 97.2 Å². The van der Waals surface area contributed by atoms with E-state index >= 15 is 0 Å². The second-order valence-corrected chi connectivity index (χ2v) is 13.7. The van der Waals surface area contributed by atoms with Crippen LogP contribution in [0.4, 0.5) is 0 Å². The molecule has 2 unspecified atom stereocenters. The molecule has 0 aliphatic carbocycles. The highest BCUT2D eigenvalue weighted by Gasteiger charge is 2.27. The Morgan fingerprint density at radius 2 is 1.09 bits per heavy atom. The standard InChI is InChI=1S/C42H67O10P/c1-3-5-7-9-11-13-15-17-18-19-20-22-23-25-27-29-31-33-41(45)49-37-40(38-51-53(47,48)50-36-39(44)35-43)52-42(46)34-32-30-28-26-24-21-16-14-12-10-8-6-4-2/h5-8,10-14,16-18,20,22,25,27,39-40,43-44H,3-4,9,15,19,21,23-24,26,28-38H2,1-2H3,(H,47,48)/b7-5+,8-6+,12-10+,13-11+,16-14+,18-17+,22-20+,27-25+/t39-,40?/m0/s1. The molecule has 0 bridgehead atoms. The van der Waals surface area contributed by atoms with Crippen molar-refractivity contribution in [2.45, 2.75) is 129 Å². The molecule has 0 aromatic rings. The van der Waals surface area contributed by atoms with E-state index in [4.69, 9.17) is 19.1 Å². The number of hydrogen-bond donors (Lipinski definition) is 3. The van der Waals surface area contributed by atoms with E-state index in [2.05, 4.69) is 79.1 Å². The zero-order valence-electron chi connectivity index (χ0n) is 32.2. The number of carbonyl (C=O) groups is 2. The van der Waals surface area contributed by atoms with Crippen LogP contribution in [-0.2, 0) is 32.7 Å². The molecular formula is C42H67O10P. The molecule has 0 aromatic heterocycles. The van der Waals surface area contributed by atoms with Crippen LogP contribution in [0.1, 0.15) is 117 Å². The highest BCUT2D eigenvalue weighted by molar-refractivity contribution is 7.47. The van der Waals surface area contributed by atoms with E-state index in [-0.39, 0.29) is 19.4 Å². The fourth-order valence-corrected chi connectivity index (χ4v) is 5.17. The molecule has 0 saturated carbocycles. The summed E-state index contributed by atoms with van der Waals surface area (Å²) in [6, 6.07) is 0. The Morgan fingerprint density at radius 1 is 0.585 bits per heavy atom. The van der Waals surface area contributed by atoms with Gasteiger partial charge in [0.25, 0.3) is 0 Å². The summed E-state index contributed by atoms with van der Waals surface area (Å²) in [5, 5.41) is 18.3. The Kier molecular flexibility index (Phi) is 35.0. The molecule has 0 heterocycles. The van der Waals surface area contributed by atoms with Crippen molar-refractivity contribution < 1.29 is 47.8 Å². The van der Waals surface area contributed by atoms with Gasteiger partial charge in [0.05, 0.1) is 19.8 Å². The molecule has 0 amide bonds. The Balaban J connectivity index is 4.51. The molecule has 3 atom stereocenters. The van der Waals surface area contributed by atoms with E-state index in [1.165, 1.54) is 0 Å². The van der Waals surface area contributed by atoms with Gasteiger partial charge in [-0.15, -0.1) is 0 Å². The molecule has 53 heavy (non-hydrogen) atoms. The van der Waals surface area contributed by atoms with Gasteiger partial charge in [-0.25, -0.2) is 4.57 Å². The summed E-state index contributed by atoms with van der Waals surface area (Å²) >= 11 is 0. The fourth-order valence-electron chi connectivity index (χ4n) is 4.38. The molecule has 11 heteroatoms. The van der Waals surface area contributed by atoms with Crippen LogP contribution in [0.5, 0.6) is 0 Å². The number of esters is 2. The van der Waals surface area contributed by atoms with Gasteiger partial charge in [-0.1, -0.05) is 130 Å². The Morgan fingerprint density at radius 3 is 1.72 bits per heavy atom. The molecule has 0 rings (SSSR count). The van der Waals surface area contributed by atoms with E-state index in [1.54, 1.807) is 0 Å². The van der Waals surface area contributed by atoms with Crippen LogP contribution < -0.4 is 0 Å². The van der Waals surface area contributed by atoms with Gasteiger partial charge in [0, 0.05) is 12.8 Å². The van der Waals surface area contributed by atoms with Crippen LogP contribution in [-0.4, -0.2) is 65.7 Å². The van der Waals surface area contributed by atoms with Crippen LogP contribution in [0.25, 0.3) is 0 Å². The van der Waals surface area contributed by atoms with Crippen LogP contribution in [0, 0.1) is 0 Å². The third-order valence-electron chi connectivity index (χ3n) is 7.29. The van der Waals surface area contributed by atoms with E-state index in [1.807, 2.05) is 36.5 Å². The lowest BCUT2D eigenvalue weighted by atomic mass is 10.1. The predicted octanol–water partition coefficient (Wildman–Crippen LogP) is 9.66. The van der Waals surface area contributed by atoms with E-state index in [9.17, 15) is 24.2 Å². The van der Waals surface area contributed by atoms with Gasteiger partial charge >= 0.3 is 19.8 Å². The first-order valence-corrected chi connectivity index (χ1v) is 20.7. The first kappa shape index (κ1) is 49.9. The maximum absolute atomic E-state index is 12.5. The van der Waals surface area contributed by atoms with Crippen LogP contribution >= 0.6 is 7.82 Å². The number of aliphatic hydroxyl groups is 2. The maximum atomic E-state index is 12.5. The largest absolute Gasteiger partial charge is 0.472 e. The summed E-state index contributed by atoms with van der Waals surface area (Å²) in [4.78, 5) is 34.8. The summed E-state index contributed by atoms with van der Waals surface area (Å²) in [6.45, 7) is 2.00. The normalized spacial score (nSPS) is 15.0. The smallest absolute Gasteiger partial charge is 0.462 e. The summed E-state index contributed by atoms with van der Waals surface area (Å²) in [7, 11) is -4.64. The molecule has 0 aromatic carbocycles. The van der Waals surface area contributed by atoms with Gasteiger partial charge in [0.2, 0.25) is 0 Å². The van der Waals surface area contributed by atoms with Crippen molar-refractivity contribution in [3.8, 4) is 0 Å². The highest BCUT2D eigenvalue weighted by Crippen LogP contribution is 2.43. The van der Waals surface area contributed by atoms with Crippen molar-refractivity contribution in [1.29, 1.82) is 0 Å². The number of aliphatic hydroxyl groups excluding tert-OH is 2. The van der Waals surface area contributed by atoms with Crippen LogP contribution in [0.2, 0.25) is 0 Å². The van der Waals surface area contributed by atoms with Gasteiger partial charge in [0.1, 0.15) is 12.7 Å². The average Bonchev–Trinajstić information content (AvgIpc) is 3.14. The number of hydrogen-bond acceptors (Lipinski definition) is 9. The highest BCUT2D eigenvalue weighted by atomic mass is 31.2. The van der Waals surface area contributed by atoms with Gasteiger partial charge in [0.15, 0.2) is 6.10 Å². The lowest BCUT2D eigenvalue weighted by molar-refractivity contribution is -0.161. The fraction of sp³-hybridized carbons (Fsp3) is 0.571. The molecule has 10 nitrogen and oxygen atoms in total. The van der Waals surface area contributed by atoms with Crippen molar-refractivity contribution in [3.63, 3.8) is 0 Å². The molecule has 0 aliphatic rings. The van der Waals surface area contributed by atoms with Gasteiger partial charge in [-0.05, 0) is 70.6 Å². The number of rotatable bonds is 34. The monoisotopic (exact) mass is 762 g/mol. The van der Waals surface area contributed by atoms with Crippen molar-refractivity contribution in [1.82, 2.24) is 0 Å². The van der Waals surface area contributed by atoms with Crippen molar-refractivity contribution in [2.24, 2.45) is 0 Å². The number of carbonyl (C=O) groups excluding carboxylic acids is 2. The predicted molar refractivity (Wildman–Crippen MR) is 214 cm³/mol. The number of phosphoric ester groups is 1. The van der Waals surface area contributed by atoms with Gasteiger partial charge in [-0.2, -0.15) is 0 Å². The van der Waals surface area contributed by atoms with Crippen LogP contribution in [0.3, 0.4) is 0 Å². The summed E-state index contributed by atoms with van der Waals surface area (Å²) in [6.07, 6.45) is 43.9. The molecule has 0 saturated heterocycles. The third-order valence-corrected chi connectivity index (χ3v) is 8.25. The minimum atomic E-state index is -4.64. The second-order valence-electron chi connectivity index (χ2n) is 12.2. The van der Waals surface area contributed by atoms with Gasteiger partial charge in [-0.3, -0.25) is 18.6 Å². The maximum Gasteiger partial charge on any atom is 0.472 e. The zero-order chi connectivity index (χ0) is 39.1. The molecule has 0 radical (unpaired) electrons. The Bertz CT molecular complexity index is 1200. The number of unbranched alkanes of at least 4 members (excludes halogenated alkanes) is 6. The molecule has 0 fully saturated rings. The number of allylic oxidation sites excluding steroid dienone is 16. The molecule has 300 valence electrons. The zero-order valence-corrected chi connectivity index (χ0v) is 33.1. The van der Waals surface area contributed by atoms with E-state index in [0.29, 0.717) is 19.3 Å². The summed E-state index contributed by atoms with van der Waals surface area (Å²) in [5.74, 6) is -1.03. The summed E-state index contributed by atoms with van der Waals surface area (Å²) < 4.78 is 32.5. The molecule has 0 spiro atoms. The Hall–Kier alpha value is -3.11. The number of phosphoric acid groups is 1. The third kappa shape index (κ3) is 37.0. The molecule has 0 aliphatic heterocycles. The van der Waals surface area contributed by atoms with Crippen LogP contribution in [0.15, 0.2) is 97.2 Å². The number of ether oxygens (including phenoxy) is 2. The van der Waals surface area contributed by atoms with E-state index in [0.717, 1.165) is 70.6 Å². The lowest BCUT2D eigenvalue weighted by Gasteiger charge is -2.20. The van der Waals surface area contributed by atoms with Crippen molar-refractivity contribution in [2.75, 3.05) is 26.4 Å². The lowest BCUT2D eigenvalue weighted by Crippen LogP contribution is -2.29. The minimum absolute atomic E-state index is 0.143. The minimum Gasteiger partial charge on any atom is -0.462 e. The molecule has 3 N–H and O–H groups in total. The Labute approximate surface area is 319 Å². The first-order chi connectivity index (χ1) is 25.7. The SMILES string of the molecule is CC/C=C/C=C/C=C/CCCCCCCC(=O)OC(COC(=O)CCC/C=C/C/C=C/C/C=C/C/C=C/C/C=C/CC)COP(=O)(O)OC[C@@H](O)CO. The van der Waals surface area contributed by atoms with Gasteiger partial charge < -0.3 is 24.6 Å². The first-order valence-electron chi connectivity index (χ1n) is 19.2. The molecular weight excluding hydrogens is 695 g/mol. The topological polar surface area (TPSA) is 149 Å². The van der Waals surface area contributed by atoms with Crippen molar-refractivity contribution >= 4 is 19.8 Å². The second kappa shape index (κ2) is 37.2. The summed E-state index contributed by atoms with van der Waals surface area (Å²) in [5.41, 5.74) is 0. The quantitative estimate of drug-likeness (QED) is 0.0190. The average molecular weight is 763 g/mol. The van der Waals surface area contributed by atoms with E-state index < -0.39 is 51.8 Å².